The molecule has 1 fully saturated rings. The fraction of sp³-hybridized carbons (Fsp3) is 0.474. The molecule has 0 spiro atoms. The Kier molecular flexibility index (Phi) is 5.60. The Balaban J connectivity index is 1.62. The van der Waals surface area contributed by atoms with E-state index in [1.54, 1.807) is 11.1 Å². The molecule has 3 N–H and O–H groups in total. The third kappa shape index (κ3) is 4.37. The number of nitrogens with zero attached hydrogens (tertiary/aromatic N) is 4. The Morgan fingerprint density at radius 3 is 2.89 bits per heavy atom. The summed E-state index contributed by atoms with van der Waals surface area (Å²) < 4.78 is 0. The summed E-state index contributed by atoms with van der Waals surface area (Å²) in [5.74, 6) is 1.61. The molecule has 2 aromatic heterocycles. The monoisotopic (exact) mass is 368 g/mol. The second kappa shape index (κ2) is 8.08. The predicted octanol–water partition coefficient (Wildman–Crippen LogP) is 3.64. The molecule has 1 aliphatic carbocycles. The van der Waals surface area contributed by atoms with E-state index in [-0.39, 0.29) is 18.0 Å². The molecule has 8 heteroatoms. The van der Waals surface area contributed by atoms with Crippen LogP contribution in [0.15, 0.2) is 24.4 Å². The molecule has 2 aromatic rings. The van der Waals surface area contributed by atoms with Gasteiger partial charge in [0.05, 0.1) is 12.5 Å². The largest absolute Gasteiger partial charge is 0.465 e. The van der Waals surface area contributed by atoms with Crippen LogP contribution in [0.4, 0.5) is 16.4 Å². The molecule has 27 heavy (non-hydrogen) atoms. The van der Waals surface area contributed by atoms with Gasteiger partial charge in [-0.3, -0.25) is 5.10 Å². The lowest BCUT2D eigenvalue weighted by Gasteiger charge is -2.30. The Hall–Kier alpha value is -3.08. The summed E-state index contributed by atoms with van der Waals surface area (Å²) in [4.78, 5) is 17.4. The summed E-state index contributed by atoms with van der Waals surface area (Å²) >= 11 is 0. The van der Waals surface area contributed by atoms with Crippen molar-refractivity contribution in [1.29, 1.82) is 5.26 Å². The second-order valence-corrected chi connectivity index (χ2v) is 7.17. The van der Waals surface area contributed by atoms with E-state index >= 15 is 0 Å². The number of aromatic amines is 1. The van der Waals surface area contributed by atoms with E-state index in [0.717, 1.165) is 30.5 Å². The number of amides is 1. The molecule has 0 aliphatic heterocycles. The highest BCUT2D eigenvalue weighted by Crippen LogP contribution is 2.37. The zero-order valence-electron chi connectivity index (χ0n) is 15.5. The molecule has 142 valence electrons. The van der Waals surface area contributed by atoms with Gasteiger partial charge in [-0.05, 0) is 44.7 Å². The fourth-order valence-electron chi connectivity index (χ4n) is 3.73. The maximum atomic E-state index is 11.5. The van der Waals surface area contributed by atoms with Crippen LogP contribution in [0, 0.1) is 11.3 Å². The molecule has 0 saturated heterocycles. The van der Waals surface area contributed by atoms with Crippen molar-refractivity contribution in [2.24, 2.45) is 0 Å². The van der Waals surface area contributed by atoms with Crippen LogP contribution in [0.2, 0.25) is 0 Å². The topological polar surface area (TPSA) is 118 Å². The standard InChI is InChI=1S/C19H24N6O2/c1-12(2)25(19(26)27)15-5-4-14(9-15)16-10-18(24-23-16)22-17-6-3-13(7-8-20)11-21-17/h3,6,10-12,14-15H,4-5,7,9H2,1-2H3,(H,26,27)(H2,21,22,23,24)/t14-,15+/m0/s1. The van der Waals surface area contributed by atoms with Gasteiger partial charge in [0.2, 0.25) is 0 Å². The maximum absolute atomic E-state index is 11.5. The number of hydrogen-bond acceptors (Lipinski definition) is 5. The molecule has 8 nitrogen and oxygen atoms in total. The van der Waals surface area contributed by atoms with Crippen LogP contribution in [0.5, 0.6) is 0 Å². The molecule has 0 aromatic carbocycles. The van der Waals surface area contributed by atoms with Gasteiger partial charge >= 0.3 is 6.09 Å². The van der Waals surface area contributed by atoms with Crippen LogP contribution in [-0.2, 0) is 6.42 Å². The number of nitrogens with one attached hydrogen (secondary N) is 2. The SMILES string of the molecule is CC(C)N(C(=O)O)[C@@H]1CC[C@H](c2cc(Nc3ccc(CC#N)cn3)n[nH]2)C1. The molecule has 1 amide bonds. The zero-order chi connectivity index (χ0) is 19.4. The Bertz CT molecular complexity index is 823. The normalized spacial score (nSPS) is 19.0. The van der Waals surface area contributed by atoms with Crippen molar-refractivity contribution in [3.8, 4) is 6.07 Å². The third-order valence-corrected chi connectivity index (χ3v) is 4.98. The van der Waals surface area contributed by atoms with Gasteiger partial charge in [-0.25, -0.2) is 9.78 Å². The van der Waals surface area contributed by atoms with E-state index in [9.17, 15) is 9.90 Å². The van der Waals surface area contributed by atoms with E-state index in [1.165, 1.54) is 0 Å². The highest BCUT2D eigenvalue weighted by Gasteiger charge is 2.34. The van der Waals surface area contributed by atoms with Crippen molar-refractivity contribution in [1.82, 2.24) is 20.1 Å². The third-order valence-electron chi connectivity index (χ3n) is 4.98. The predicted molar refractivity (Wildman–Crippen MR) is 101 cm³/mol. The Labute approximate surface area is 158 Å². The van der Waals surface area contributed by atoms with Gasteiger partial charge in [-0.2, -0.15) is 10.4 Å². The number of aromatic nitrogens is 3. The molecule has 2 atom stereocenters. The lowest BCUT2D eigenvalue weighted by atomic mass is 10.0. The maximum Gasteiger partial charge on any atom is 0.407 e. The van der Waals surface area contributed by atoms with Crippen molar-refractivity contribution in [3.05, 3.63) is 35.7 Å². The van der Waals surface area contributed by atoms with Crippen LogP contribution in [0.1, 0.15) is 50.3 Å². The smallest absolute Gasteiger partial charge is 0.407 e. The van der Waals surface area contributed by atoms with Crippen molar-refractivity contribution >= 4 is 17.7 Å². The summed E-state index contributed by atoms with van der Waals surface area (Å²) in [6.45, 7) is 3.82. The Morgan fingerprint density at radius 2 is 2.26 bits per heavy atom. The van der Waals surface area contributed by atoms with Crippen LogP contribution < -0.4 is 5.32 Å². The van der Waals surface area contributed by atoms with Gasteiger partial charge in [0.15, 0.2) is 5.82 Å². The first-order valence-electron chi connectivity index (χ1n) is 9.13. The zero-order valence-corrected chi connectivity index (χ0v) is 15.5. The molecule has 3 rings (SSSR count). The number of carbonyl (C=O) groups is 1. The van der Waals surface area contributed by atoms with E-state index in [2.05, 4.69) is 26.6 Å². The highest BCUT2D eigenvalue weighted by atomic mass is 16.4. The van der Waals surface area contributed by atoms with Crippen molar-refractivity contribution in [3.63, 3.8) is 0 Å². The van der Waals surface area contributed by atoms with Gasteiger partial charge in [-0.1, -0.05) is 6.07 Å². The minimum atomic E-state index is -0.853. The molecule has 2 heterocycles. The molecular weight excluding hydrogens is 344 g/mol. The average molecular weight is 368 g/mol. The molecule has 0 radical (unpaired) electrons. The fourth-order valence-corrected chi connectivity index (χ4v) is 3.73. The first kappa shape index (κ1) is 18.7. The van der Waals surface area contributed by atoms with Gasteiger partial charge in [0.25, 0.3) is 0 Å². The number of H-pyrrole nitrogens is 1. The number of rotatable bonds is 6. The van der Waals surface area contributed by atoms with Crippen LogP contribution in [0.25, 0.3) is 0 Å². The number of carboxylic acid groups (broad SMARTS) is 1. The number of nitriles is 1. The summed E-state index contributed by atoms with van der Waals surface area (Å²) in [7, 11) is 0. The Morgan fingerprint density at radius 1 is 1.44 bits per heavy atom. The van der Waals surface area contributed by atoms with Gasteiger partial charge in [0, 0.05) is 36.0 Å². The molecule has 0 unspecified atom stereocenters. The quantitative estimate of drug-likeness (QED) is 0.716. The highest BCUT2D eigenvalue weighted by molar-refractivity contribution is 5.66. The van der Waals surface area contributed by atoms with Crippen LogP contribution in [-0.4, -0.2) is 43.4 Å². The molecule has 1 aliphatic rings. The second-order valence-electron chi connectivity index (χ2n) is 7.17. The minimum absolute atomic E-state index is 0.0275. The van der Waals surface area contributed by atoms with Crippen molar-refractivity contribution in [2.45, 2.75) is 57.5 Å². The van der Waals surface area contributed by atoms with E-state index in [0.29, 0.717) is 18.1 Å². The lowest BCUT2D eigenvalue weighted by molar-refractivity contribution is 0.108. The molecule has 1 saturated carbocycles. The average Bonchev–Trinajstić information content (AvgIpc) is 3.26. The van der Waals surface area contributed by atoms with E-state index in [1.807, 2.05) is 32.0 Å². The summed E-state index contributed by atoms with van der Waals surface area (Å²) in [5.41, 5.74) is 1.88. The summed E-state index contributed by atoms with van der Waals surface area (Å²) in [6, 6.07) is 7.75. The van der Waals surface area contributed by atoms with Crippen LogP contribution >= 0.6 is 0 Å². The summed E-state index contributed by atoms with van der Waals surface area (Å²) in [6.07, 6.45) is 3.75. The van der Waals surface area contributed by atoms with E-state index in [4.69, 9.17) is 5.26 Å². The van der Waals surface area contributed by atoms with Crippen LogP contribution in [0.3, 0.4) is 0 Å². The van der Waals surface area contributed by atoms with Gasteiger partial charge in [0.1, 0.15) is 5.82 Å². The van der Waals surface area contributed by atoms with Gasteiger partial charge < -0.3 is 15.3 Å². The molecular formula is C19H24N6O2. The lowest BCUT2D eigenvalue weighted by Crippen LogP contribution is -2.42. The van der Waals surface area contributed by atoms with Crippen molar-refractivity contribution in [2.75, 3.05) is 5.32 Å². The summed E-state index contributed by atoms with van der Waals surface area (Å²) in [5, 5.41) is 28.7. The van der Waals surface area contributed by atoms with Crippen molar-refractivity contribution < 1.29 is 9.90 Å². The number of pyridine rings is 1. The van der Waals surface area contributed by atoms with E-state index < -0.39 is 6.09 Å². The first-order chi connectivity index (χ1) is 13.0. The number of anilines is 2. The number of hydrogen-bond donors (Lipinski definition) is 3. The molecule has 0 bridgehead atoms. The van der Waals surface area contributed by atoms with Gasteiger partial charge in [-0.15, -0.1) is 0 Å². The first-order valence-corrected chi connectivity index (χ1v) is 9.13. The minimum Gasteiger partial charge on any atom is -0.465 e.